The zero-order chi connectivity index (χ0) is 18.5. The summed E-state index contributed by atoms with van der Waals surface area (Å²) in [6.07, 6.45) is 5.98. The van der Waals surface area contributed by atoms with Gasteiger partial charge < -0.3 is 10.2 Å². The van der Waals surface area contributed by atoms with Crippen molar-refractivity contribution >= 4 is 5.91 Å². The molecule has 0 spiro atoms. The Bertz CT molecular complexity index is 719. The number of hydrogen-bond acceptors (Lipinski definition) is 4. The van der Waals surface area contributed by atoms with Crippen LogP contribution < -0.4 is 5.32 Å². The maximum Gasteiger partial charge on any atom is 0.254 e. The van der Waals surface area contributed by atoms with E-state index < -0.39 is 0 Å². The standard InChI is InChI=1S/C20H29N5O/c1-15(2)19-17(13-23-25(19)18-8-4-5-9-21-18)20(26)22-12-16(3)14-24-10-6-7-11-24/h4-5,8-9,13,15-16H,6-7,10-12,14H2,1-3H3,(H,22,26). The number of carbonyl (C=O) groups is 1. The quantitative estimate of drug-likeness (QED) is 0.829. The Hall–Kier alpha value is -2.21. The summed E-state index contributed by atoms with van der Waals surface area (Å²) in [4.78, 5) is 19.6. The molecule has 0 radical (unpaired) electrons. The molecule has 1 unspecified atom stereocenters. The van der Waals surface area contributed by atoms with Gasteiger partial charge in [0.15, 0.2) is 5.82 Å². The fourth-order valence-corrected chi connectivity index (χ4v) is 3.58. The largest absolute Gasteiger partial charge is 0.352 e. The van der Waals surface area contributed by atoms with Crippen molar-refractivity contribution in [1.82, 2.24) is 25.0 Å². The Morgan fingerprint density at radius 3 is 2.65 bits per heavy atom. The SMILES string of the molecule is CC(CNC(=O)c1cnn(-c2ccccn2)c1C(C)C)CN1CCCC1. The van der Waals surface area contributed by atoms with Crippen molar-refractivity contribution in [2.24, 2.45) is 5.92 Å². The molecule has 1 aliphatic rings. The zero-order valence-corrected chi connectivity index (χ0v) is 16.0. The van der Waals surface area contributed by atoms with Gasteiger partial charge in [0.1, 0.15) is 0 Å². The summed E-state index contributed by atoms with van der Waals surface area (Å²) in [6, 6.07) is 5.70. The first-order valence-electron chi connectivity index (χ1n) is 9.56. The van der Waals surface area contributed by atoms with Crippen LogP contribution in [0.15, 0.2) is 30.6 Å². The van der Waals surface area contributed by atoms with Gasteiger partial charge in [-0.3, -0.25) is 4.79 Å². The van der Waals surface area contributed by atoms with E-state index in [9.17, 15) is 4.79 Å². The highest BCUT2D eigenvalue weighted by molar-refractivity contribution is 5.95. The molecule has 0 saturated carbocycles. The molecule has 1 fully saturated rings. The van der Waals surface area contributed by atoms with E-state index in [-0.39, 0.29) is 11.8 Å². The average molecular weight is 355 g/mol. The van der Waals surface area contributed by atoms with Gasteiger partial charge in [0, 0.05) is 19.3 Å². The van der Waals surface area contributed by atoms with Crippen LogP contribution in [-0.4, -0.2) is 51.8 Å². The zero-order valence-electron chi connectivity index (χ0n) is 16.0. The normalized spacial score (nSPS) is 16.2. The minimum atomic E-state index is -0.0517. The number of rotatable bonds is 7. The van der Waals surface area contributed by atoms with Crippen molar-refractivity contribution < 1.29 is 4.79 Å². The molecule has 2 aromatic rings. The first-order chi connectivity index (χ1) is 12.6. The molecule has 1 atom stereocenters. The number of pyridine rings is 1. The molecule has 3 heterocycles. The molecule has 1 amide bonds. The maximum atomic E-state index is 12.8. The maximum absolute atomic E-state index is 12.8. The van der Waals surface area contributed by atoms with Crippen LogP contribution in [0, 0.1) is 5.92 Å². The molecule has 140 valence electrons. The second kappa shape index (κ2) is 8.45. The first kappa shape index (κ1) is 18.6. The fourth-order valence-electron chi connectivity index (χ4n) is 3.58. The molecule has 26 heavy (non-hydrogen) atoms. The molecular formula is C20H29N5O. The summed E-state index contributed by atoms with van der Waals surface area (Å²) >= 11 is 0. The van der Waals surface area contributed by atoms with Crippen LogP contribution in [0.25, 0.3) is 5.82 Å². The van der Waals surface area contributed by atoms with Crippen molar-refractivity contribution in [2.75, 3.05) is 26.2 Å². The minimum absolute atomic E-state index is 0.0517. The van der Waals surface area contributed by atoms with Gasteiger partial charge in [0.2, 0.25) is 0 Å². The van der Waals surface area contributed by atoms with Crippen LogP contribution in [0.4, 0.5) is 0 Å². The van der Waals surface area contributed by atoms with Crippen LogP contribution in [0.5, 0.6) is 0 Å². The number of aromatic nitrogens is 3. The van der Waals surface area contributed by atoms with Gasteiger partial charge in [0.05, 0.1) is 17.5 Å². The third-order valence-electron chi connectivity index (χ3n) is 4.84. The third-order valence-corrected chi connectivity index (χ3v) is 4.84. The van der Waals surface area contributed by atoms with E-state index in [2.05, 4.69) is 41.1 Å². The second-order valence-corrected chi connectivity index (χ2v) is 7.52. The van der Waals surface area contributed by atoms with Gasteiger partial charge >= 0.3 is 0 Å². The Morgan fingerprint density at radius 2 is 2.00 bits per heavy atom. The van der Waals surface area contributed by atoms with Crippen LogP contribution in [0.3, 0.4) is 0 Å². The predicted octanol–water partition coefficient (Wildman–Crippen LogP) is 2.85. The molecule has 1 N–H and O–H groups in total. The fraction of sp³-hybridized carbons (Fsp3) is 0.550. The van der Waals surface area contributed by atoms with Crippen molar-refractivity contribution in [3.05, 3.63) is 41.9 Å². The lowest BCUT2D eigenvalue weighted by atomic mass is 10.0. The summed E-state index contributed by atoms with van der Waals surface area (Å²) in [5, 5.41) is 7.52. The molecule has 3 rings (SSSR count). The highest BCUT2D eigenvalue weighted by atomic mass is 16.1. The van der Waals surface area contributed by atoms with Crippen molar-refractivity contribution in [3.8, 4) is 5.82 Å². The lowest BCUT2D eigenvalue weighted by Gasteiger charge is -2.20. The summed E-state index contributed by atoms with van der Waals surface area (Å²) in [5.41, 5.74) is 1.53. The molecule has 0 aromatic carbocycles. The Morgan fingerprint density at radius 1 is 1.23 bits per heavy atom. The predicted molar refractivity (Wildman–Crippen MR) is 103 cm³/mol. The van der Waals surface area contributed by atoms with E-state index >= 15 is 0 Å². The molecule has 0 bridgehead atoms. The first-order valence-corrected chi connectivity index (χ1v) is 9.56. The van der Waals surface area contributed by atoms with Crippen molar-refractivity contribution in [1.29, 1.82) is 0 Å². The van der Waals surface area contributed by atoms with Gasteiger partial charge in [-0.15, -0.1) is 0 Å². The topological polar surface area (TPSA) is 63.1 Å². The number of nitrogens with zero attached hydrogens (tertiary/aromatic N) is 4. The van der Waals surface area contributed by atoms with Crippen molar-refractivity contribution in [3.63, 3.8) is 0 Å². The van der Waals surface area contributed by atoms with E-state index in [1.54, 1.807) is 17.1 Å². The highest BCUT2D eigenvalue weighted by Crippen LogP contribution is 2.22. The Kier molecular flexibility index (Phi) is 6.04. The number of carbonyl (C=O) groups excluding carboxylic acids is 1. The van der Waals surface area contributed by atoms with Crippen molar-refractivity contribution in [2.45, 2.75) is 39.5 Å². The summed E-state index contributed by atoms with van der Waals surface area (Å²) in [6.45, 7) is 10.4. The Balaban J connectivity index is 1.68. The summed E-state index contributed by atoms with van der Waals surface area (Å²) < 4.78 is 1.77. The monoisotopic (exact) mass is 355 g/mol. The van der Waals surface area contributed by atoms with E-state index in [1.807, 2.05) is 18.2 Å². The molecule has 1 aliphatic heterocycles. The van der Waals surface area contributed by atoms with Crippen LogP contribution in [-0.2, 0) is 0 Å². The molecule has 0 aliphatic carbocycles. The third kappa shape index (κ3) is 4.30. The van der Waals surface area contributed by atoms with E-state index in [4.69, 9.17) is 0 Å². The smallest absolute Gasteiger partial charge is 0.254 e. The highest BCUT2D eigenvalue weighted by Gasteiger charge is 2.22. The van der Waals surface area contributed by atoms with Gasteiger partial charge in [-0.1, -0.05) is 26.8 Å². The number of likely N-dealkylation sites (tertiary alicyclic amines) is 1. The van der Waals surface area contributed by atoms with E-state index in [1.165, 1.54) is 25.9 Å². The van der Waals surface area contributed by atoms with Gasteiger partial charge in [-0.05, 0) is 49.9 Å². The number of amides is 1. The number of hydrogen-bond donors (Lipinski definition) is 1. The molecule has 6 nitrogen and oxygen atoms in total. The van der Waals surface area contributed by atoms with Gasteiger partial charge in [-0.2, -0.15) is 5.10 Å². The van der Waals surface area contributed by atoms with Crippen LogP contribution >= 0.6 is 0 Å². The summed E-state index contributed by atoms with van der Waals surface area (Å²) in [7, 11) is 0. The summed E-state index contributed by atoms with van der Waals surface area (Å²) in [5.74, 6) is 1.29. The molecular weight excluding hydrogens is 326 g/mol. The second-order valence-electron chi connectivity index (χ2n) is 7.52. The minimum Gasteiger partial charge on any atom is -0.352 e. The van der Waals surface area contributed by atoms with Gasteiger partial charge in [-0.25, -0.2) is 9.67 Å². The number of nitrogens with one attached hydrogen (secondary N) is 1. The molecule has 2 aromatic heterocycles. The molecule has 6 heteroatoms. The molecule has 1 saturated heterocycles. The average Bonchev–Trinajstić information content (AvgIpc) is 3.30. The van der Waals surface area contributed by atoms with E-state index in [0.717, 1.165) is 18.1 Å². The van der Waals surface area contributed by atoms with Gasteiger partial charge in [0.25, 0.3) is 5.91 Å². The Labute approximate surface area is 155 Å². The van der Waals surface area contributed by atoms with Crippen LogP contribution in [0.1, 0.15) is 55.6 Å². The van der Waals surface area contributed by atoms with E-state index in [0.29, 0.717) is 18.0 Å². The lowest BCUT2D eigenvalue weighted by molar-refractivity contribution is 0.0943. The lowest BCUT2D eigenvalue weighted by Crippen LogP contribution is -2.34. The van der Waals surface area contributed by atoms with Crippen LogP contribution in [0.2, 0.25) is 0 Å².